The minimum Gasteiger partial charge on any atom is -0.480 e. The molecule has 1 aliphatic heterocycles. The van der Waals surface area contributed by atoms with Crippen LogP contribution in [-0.4, -0.2) is 36.8 Å². The molecular formula is C12H12ClNO3. The zero-order valence-corrected chi connectivity index (χ0v) is 10.1. The topological polar surface area (TPSA) is 46.6 Å². The molecular weight excluding hydrogens is 242 g/mol. The number of aldehydes is 1. The minimum absolute atomic E-state index is 0.0678. The Morgan fingerprint density at radius 2 is 2.29 bits per heavy atom. The van der Waals surface area contributed by atoms with Crippen LogP contribution in [0.5, 0.6) is 5.75 Å². The van der Waals surface area contributed by atoms with Gasteiger partial charge in [-0.05, 0) is 12.1 Å². The first-order valence-corrected chi connectivity index (χ1v) is 5.66. The van der Waals surface area contributed by atoms with E-state index in [0.717, 1.165) is 0 Å². The number of likely N-dealkylation sites (tertiary alicyclic amines) is 1. The van der Waals surface area contributed by atoms with Crippen molar-refractivity contribution in [1.29, 1.82) is 0 Å². The highest BCUT2D eigenvalue weighted by molar-refractivity contribution is 6.33. The van der Waals surface area contributed by atoms with Gasteiger partial charge in [-0.25, -0.2) is 0 Å². The summed E-state index contributed by atoms with van der Waals surface area (Å²) in [7, 11) is 1.73. The van der Waals surface area contributed by atoms with Crippen molar-refractivity contribution in [2.24, 2.45) is 0 Å². The first kappa shape index (κ1) is 11.9. The number of likely N-dealkylation sites (N-methyl/N-ethyl adjacent to an activating group) is 1. The lowest BCUT2D eigenvalue weighted by atomic mass is 10.2. The van der Waals surface area contributed by atoms with E-state index in [1.165, 1.54) is 0 Å². The molecule has 1 heterocycles. The van der Waals surface area contributed by atoms with Crippen molar-refractivity contribution in [1.82, 2.24) is 4.90 Å². The summed E-state index contributed by atoms with van der Waals surface area (Å²) in [5, 5.41) is 0.330. The van der Waals surface area contributed by atoms with E-state index in [0.29, 0.717) is 30.0 Å². The van der Waals surface area contributed by atoms with Gasteiger partial charge in [-0.2, -0.15) is 0 Å². The Morgan fingerprint density at radius 3 is 2.88 bits per heavy atom. The summed E-state index contributed by atoms with van der Waals surface area (Å²) in [4.78, 5) is 24.2. The number of nitrogens with zero attached hydrogens (tertiary/aromatic N) is 1. The van der Waals surface area contributed by atoms with Gasteiger partial charge >= 0.3 is 0 Å². The van der Waals surface area contributed by atoms with Gasteiger partial charge in [-0.1, -0.05) is 17.7 Å². The molecule has 17 heavy (non-hydrogen) atoms. The van der Waals surface area contributed by atoms with E-state index in [9.17, 15) is 9.59 Å². The van der Waals surface area contributed by atoms with Crippen LogP contribution in [0.1, 0.15) is 16.8 Å². The molecule has 1 fully saturated rings. The normalized spacial score (nSPS) is 19.5. The summed E-state index contributed by atoms with van der Waals surface area (Å²) in [5.41, 5.74) is 0.288. The van der Waals surface area contributed by atoms with Gasteiger partial charge in [0.15, 0.2) is 12.4 Å². The first-order chi connectivity index (χ1) is 8.13. The molecule has 1 saturated heterocycles. The third-order valence-electron chi connectivity index (χ3n) is 2.78. The smallest absolute Gasteiger partial charge is 0.263 e. The van der Waals surface area contributed by atoms with Gasteiger partial charge in [0.2, 0.25) is 0 Å². The molecule has 0 bridgehead atoms. The highest BCUT2D eigenvalue weighted by Crippen LogP contribution is 2.27. The Bertz CT molecular complexity index is 461. The van der Waals surface area contributed by atoms with E-state index >= 15 is 0 Å². The lowest BCUT2D eigenvalue weighted by Crippen LogP contribution is -2.29. The molecule has 1 aromatic carbocycles. The number of benzene rings is 1. The van der Waals surface area contributed by atoms with Crippen LogP contribution in [0.25, 0.3) is 0 Å². The second-order valence-corrected chi connectivity index (χ2v) is 4.33. The Balaban J connectivity index is 2.22. The number of ether oxygens (including phenoxy) is 1. The van der Waals surface area contributed by atoms with Crippen LogP contribution in [0.2, 0.25) is 5.02 Å². The largest absolute Gasteiger partial charge is 0.480 e. The summed E-state index contributed by atoms with van der Waals surface area (Å²) in [6, 6.07) is 4.94. The monoisotopic (exact) mass is 253 g/mol. The molecule has 2 rings (SSSR count). The van der Waals surface area contributed by atoms with Gasteiger partial charge in [0.25, 0.3) is 5.91 Å². The molecule has 0 N–H and O–H groups in total. The predicted octanol–water partition coefficient (Wildman–Crippen LogP) is 1.76. The number of carbonyl (C=O) groups excluding carboxylic acids is 2. The predicted molar refractivity (Wildman–Crippen MR) is 63.5 cm³/mol. The van der Waals surface area contributed by atoms with Crippen LogP contribution in [0, 0.1) is 0 Å². The van der Waals surface area contributed by atoms with Crippen molar-refractivity contribution < 1.29 is 14.3 Å². The second kappa shape index (κ2) is 4.75. The molecule has 0 aliphatic carbocycles. The SMILES string of the molecule is CN1CCC(Oc2cccc(Cl)c2C=O)C1=O. The Hall–Kier alpha value is -1.55. The zero-order chi connectivity index (χ0) is 12.4. The standard InChI is InChI=1S/C12H12ClNO3/c1-14-6-5-11(12(14)16)17-10-4-2-3-9(13)8(10)7-15/h2-4,7,11H,5-6H2,1H3. The number of hydrogen-bond donors (Lipinski definition) is 0. The van der Waals surface area contributed by atoms with Crippen LogP contribution >= 0.6 is 11.6 Å². The van der Waals surface area contributed by atoms with Gasteiger partial charge in [0, 0.05) is 20.0 Å². The fourth-order valence-corrected chi connectivity index (χ4v) is 2.00. The molecule has 0 aromatic heterocycles. The number of amides is 1. The number of rotatable bonds is 3. The maximum Gasteiger partial charge on any atom is 0.263 e. The fourth-order valence-electron chi connectivity index (χ4n) is 1.79. The number of hydrogen-bond acceptors (Lipinski definition) is 3. The van der Waals surface area contributed by atoms with Crippen LogP contribution in [0.15, 0.2) is 18.2 Å². The summed E-state index contributed by atoms with van der Waals surface area (Å²) in [5.74, 6) is 0.294. The molecule has 90 valence electrons. The summed E-state index contributed by atoms with van der Waals surface area (Å²) in [6.45, 7) is 0.667. The van der Waals surface area contributed by atoms with Crippen molar-refractivity contribution in [2.45, 2.75) is 12.5 Å². The summed E-state index contributed by atoms with van der Waals surface area (Å²) >= 11 is 5.87. The molecule has 0 saturated carbocycles. The van der Waals surface area contributed by atoms with Crippen molar-refractivity contribution >= 4 is 23.8 Å². The Morgan fingerprint density at radius 1 is 1.53 bits per heavy atom. The molecule has 1 amide bonds. The number of halogens is 1. The third kappa shape index (κ3) is 2.26. The molecule has 1 aliphatic rings. The average Bonchev–Trinajstić information content (AvgIpc) is 2.61. The van der Waals surface area contributed by atoms with E-state index in [1.54, 1.807) is 30.1 Å². The van der Waals surface area contributed by atoms with Crippen LogP contribution in [0.3, 0.4) is 0 Å². The highest BCUT2D eigenvalue weighted by Gasteiger charge is 2.31. The van der Waals surface area contributed by atoms with Gasteiger partial charge in [-0.15, -0.1) is 0 Å². The first-order valence-electron chi connectivity index (χ1n) is 5.29. The molecule has 5 heteroatoms. The van der Waals surface area contributed by atoms with E-state index in [4.69, 9.17) is 16.3 Å². The maximum atomic E-state index is 11.7. The summed E-state index contributed by atoms with van der Waals surface area (Å²) in [6.07, 6.45) is 0.748. The molecule has 0 spiro atoms. The van der Waals surface area contributed by atoms with Crippen molar-refractivity contribution in [3.63, 3.8) is 0 Å². The van der Waals surface area contributed by atoms with Gasteiger partial charge in [0.1, 0.15) is 5.75 Å². The fraction of sp³-hybridized carbons (Fsp3) is 0.333. The van der Waals surface area contributed by atoms with Crippen molar-refractivity contribution in [3.05, 3.63) is 28.8 Å². The van der Waals surface area contributed by atoms with E-state index in [1.807, 2.05) is 0 Å². The zero-order valence-electron chi connectivity index (χ0n) is 9.35. The Kier molecular flexibility index (Phi) is 3.33. The average molecular weight is 254 g/mol. The van der Waals surface area contributed by atoms with Gasteiger partial charge in [-0.3, -0.25) is 9.59 Å². The lowest BCUT2D eigenvalue weighted by molar-refractivity contribution is -0.132. The Labute approximate surface area is 104 Å². The molecule has 1 aromatic rings. The molecule has 1 unspecified atom stereocenters. The van der Waals surface area contributed by atoms with Crippen LogP contribution < -0.4 is 4.74 Å². The molecule has 4 nitrogen and oxygen atoms in total. The van der Waals surface area contributed by atoms with Crippen LogP contribution in [0.4, 0.5) is 0 Å². The van der Waals surface area contributed by atoms with Crippen molar-refractivity contribution in [2.75, 3.05) is 13.6 Å². The lowest BCUT2D eigenvalue weighted by Gasteiger charge is -2.14. The maximum absolute atomic E-state index is 11.7. The minimum atomic E-state index is -0.517. The van der Waals surface area contributed by atoms with E-state index in [2.05, 4.69) is 0 Å². The third-order valence-corrected chi connectivity index (χ3v) is 3.11. The van der Waals surface area contributed by atoms with E-state index in [-0.39, 0.29) is 11.5 Å². The highest BCUT2D eigenvalue weighted by atomic mass is 35.5. The van der Waals surface area contributed by atoms with Crippen molar-refractivity contribution in [3.8, 4) is 5.75 Å². The van der Waals surface area contributed by atoms with Gasteiger partial charge < -0.3 is 9.64 Å². The quantitative estimate of drug-likeness (QED) is 0.772. The summed E-state index contributed by atoms with van der Waals surface area (Å²) < 4.78 is 5.55. The molecule has 1 atom stereocenters. The van der Waals surface area contributed by atoms with Gasteiger partial charge in [0.05, 0.1) is 10.6 Å². The molecule has 0 radical (unpaired) electrons. The number of carbonyl (C=O) groups is 2. The second-order valence-electron chi connectivity index (χ2n) is 3.92. The van der Waals surface area contributed by atoms with Crippen LogP contribution in [-0.2, 0) is 4.79 Å². The van der Waals surface area contributed by atoms with E-state index < -0.39 is 6.10 Å².